The zero-order chi connectivity index (χ0) is 22.9. The van der Waals surface area contributed by atoms with Crippen LogP contribution in [0.25, 0.3) is 0 Å². The van der Waals surface area contributed by atoms with Crippen molar-refractivity contribution >= 4 is 46.6 Å². The summed E-state index contributed by atoms with van der Waals surface area (Å²) in [6.07, 6.45) is 1.93. The van der Waals surface area contributed by atoms with Gasteiger partial charge in [-0.05, 0) is 55.3 Å². The van der Waals surface area contributed by atoms with E-state index >= 15 is 0 Å². The van der Waals surface area contributed by atoms with Crippen LogP contribution in [0.2, 0.25) is 10.0 Å². The molecule has 2 aromatic carbocycles. The average molecular weight is 480 g/mol. The molecule has 0 bridgehead atoms. The molecule has 0 radical (unpaired) electrons. The summed E-state index contributed by atoms with van der Waals surface area (Å²) < 4.78 is 11.2. The number of hydrazine groups is 1. The van der Waals surface area contributed by atoms with Crippen LogP contribution in [-0.4, -0.2) is 37.0 Å². The van der Waals surface area contributed by atoms with E-state index < -0.39 is 17.7 Å². The largest absolute Gasteiger partial charge is 0.491 e. The highest BCUT2D eigenvalue weighted by Gasteiger charge is 2.16. The van der Waals surface area contributed by atoms with E-state index in [1.165, 1.54) is 6.07 Å². The monoisotopic (exact) mass is 479 g/mol. The van der Waals surface area contributed by atoms with Crippen LogP contribution in [0, 0.1) is 0 Å². The first kappa shape index (κ1) is 23.8. The Kier molecular flexibility index (Phi) is 8.72. The Morgan fingerprint density at radius 1 is 1.00 bits per heavy atom. The lowest BCUT2D eigenvalue weighted by atomic mass is 10.2. The molecule has 3 amide bonds. The van der Waals surface area contributed by atoms with Crippen molar-refractivity contribution in [3.63, 3.8) is 0 Å². The van der Waals surface area contributed by atoms with Crippen molar-refractivity contribution < 1.29 is 23.9 Å². The molecule has 1 heterocycles. The van der Waals surface area contributed by atoms with Gasteiger partial charge in [0.05, 0.1) is 16.8 Å². The molecular formula is C22H23Cl2N3O5. The minimum Gasteiger partial charge on any atom is -0.491 e. The molecule has 1 aliphatic rings. The molecule has 32 heavy (non-hydrogen) atoms. The van der Waals surface area contributed by atoms with Gasteiger partial charge in [-0.2, -0.15) is 0 Å². The lowest BCUT2D eigenvalue weighted by molar-refractivity contribution is -0.124. The number of benzene rings is 2. The second-order valence-corrected chi connectivity index (χ2v) is 7.99. The lowest BCUT2D eigenvalue weighted by Gasteiger charge is -2.12. The van der Waals surface area contributed by atoms with Crippen LogP contribution in [0.1, 0.15) is 36.0 Å². The van der Waals surface area contributed by atoms with Crippen molar-refractivity contribution in [2.24, 2.45) is 0 Å². The van der Waals surface area contributed by atoms with E-state index in [0.29, 0.717) is 33.7 Å². The standard InChI is InChI=1S/C22H23Cl2N3O5/c23-15-5-8-19(18(24)12-15)25-20(28)9-10-21(29)26-27-22(30)14-3-6-16(7-4-14)32-13-17-2-1-11-31-17/h3-8,12,17H,1-2,9-11,13H2,(H,25,28)(H,26,29)(H,27,30). The second-order valence-electron chi connectivity index (χ2n) is 7.15. The SMILES string of the molecule is O=C(CCC(=O)Nc1ccc(Cl)cc1Cl)NNC(=O)c1ccc(OCC2CCCO2)cc1. The first-order valence-electron chi connectivity index (χ1n) is 10.1. The fourth-order valence-electron chi connectivity index (χ4n) is 2.96. The highest BCUT2D eigenvalue weighted by atomic mass is 35.5. The number of ether oxygens (including phenoxy) is 2. The highest BCUT2D eigenvalue weighted by molar-refractivity contribution is 6.36. The van der Waals surface area contributed by atoms with Crippen LogP contribution in [0.5, 0.6) is 5.75 Å². The van der Waals surface area contributed by atoms with Gasteiger partial charge in [-0.15, -0.1) is 0 Å². The maximum atomic E-state index is 12.2. The van der Waals surface area contributed by atoms with Gasteiger partial charge in [0.15, 0.2) is 0 Å². The minimum absolute atomic E-state index is 0.0859. The number of amides is 3. The fourth-order valence-corrected chi connectivity index (χ4v) is 3.41. The van der Waals surface area contributed by atoms with E-state index in [9.17, 15) is 14.4 Å². The van der Waals surface area contributed by atoms with Gasteiger partial charge in [0.2, 0.25) is 11.8 Å². The maximum absolute atomic E-state index is 12.2. The Labute approximate surface area is 195 Å². The Hall–Kier alpha value is -2.81. The first-order chi connectivity index (χ1) is 15.4. The molecule has 2 aromatic rings. The number of carbonyl (C=O) groups is 3. The van der Waals surface area contributed by atoms with Crippen molar-refractivity contribution in [1.82, 2.24) is 10.9 Å². The molecule has 1 fully saturated rings. The van der Waals surface area contributed by atoms with E-state index in [-0.39, 0.29) is 18.9 Å². The predicted molar refractivity (Wildman–Crippen MR) is 121 cm³/mol. The molecule has 0 saturated carbocycles. The molecule has 3 N–H and O–H groups in total. The van der Waals surface area contributed by atoms with Gasteiger partial charge in [-0.1, -0.05) is 23.2 Å². The molecule has 1 aliphatic heterocycles. The first-order valence-corrected chi connectivity index (χ1v) is 10.8. The average Bonchev–Trinajstić information content (AvgIpc) is 3.30. The van der Waals surface area contributed by atoms with E-state index in [0.717, 1.165) is 19.4 Å². The number of hydrogen-bond acceptors (Lipinski definition) is 5. The highest BCUT2D eigenvalue weighted by Crippen LogP contribution is 2.25. The van der Waals surface area contributed by atoms with Gasteiger partial charge in [-0.3, -0.25) is 25.2 Å². The van der Waals surface area contributed by atoms with Crippen molar-refractivity contribution in [2.45, 2.75) is 31.8 Å². The summed E-state index contributed by atoms with van der Waals surface area (Å²) in [5.74, 6) is -0.754. The molecule has 8 nitrogen and oxygen atoms in total. The predicted octanol–water partition coefficient (Wildman–Crippen LogP) is 3.73. The summed E-state index contributed by atoms with van der Waals surface area (Å²) in [4.78, 5) is 36.1. The molecule has 1 atom stereocenters. The third-order valence-electron chi connectivity index (χ3n) is 4.68. The van der Waals surface area contributed by atoms with Crippen LogP contribution in [0.3, 0.4) is 0 Å². The van der Waals surface area contributed by atoms with Gasteiger partial charge >= 0.3 is 0 Å². The van der Waals surface area contributed by atoms with E-state index in [2.05, 4.69) is 16.2 Å². The maximum Gasteiger partial charge on any atom is 0.269 e. The van der Waals surface area contributed by atoms with Gasteiger partial charge in [0.25, 0.3) is 5.91 Å². The molecule has 1 unspecified atom stereocenters. The molecular weight excluding hydrogens is 457 g/mol. The van der Waals surface area contributed by atoms with Gasteiger partial charge in [-0.25, -0.2) is 0 Å². The van der Waals surface area contributed by atoms with Gasteiger partial charge < -0.3 is 14.8 Å². The number of carbonyl (C=O) groups excluding carboxylic acids is 3. The summed E-state index contributed by atoms with van der Waals surface area (Å²) in [5.41, 5.74) is 5.36. The summed E-state index contributed by atoms with van der Waals surface area (Å²) in [7, 11) is 0. The molecule has 0 aromatic heterocycles. The molecule has 0 spiro atoms. The number of halogens is 2. The molecule has 1 saturated heterocycles. The van der Waals surface area contributed by atoms with Crippen LogP contribution < -0.4 is 20.9 Å². The van der Waals surface area contributed by atoms with Crippen molar-refractivity contribution in [3.8, 4) is 5.75 Å². The van der Waals surface area contributed by atoms with Crippen molar-refractivity contribution in [2.75, 3.05) is 18.5 Å². The Balaban J connectivity index is 1.36. The third kappa shape index (κ3) is 7.40. The molecule has 0 aliphatic carbocycles. The fraction of sp³-hybridized carbons (Fsp3) is 0.318. The zero-order valence-corrected chi connectivity index (χ0v) is 18.7. The Bertz CT molecular complexity index is 963. The summed E-state index contributed by atoms with van der Waals surface area (Å²) in [5, 5.41) is 3.35. The zero-order valence-electron chi connectivity index (χ0n) is 17.2. The van der Waals surface area contributed by atoms with Crippen LogP contribution in [0.4, 0.5) is 5.69 Å². The minimum atomic E-state index is -0.507. The second kappa shape index (κ2) is 11.7. The topological polar surface area (TPSA) is 106 Å². The molecule has 170 valence electrons. The normalized spacial score (nSPS) is 15.1. The summed E-state index contributed by atoms with van der Waals surface area (Å²) in [6.45, 7) is 1.24. The Morgan fingerprint density at radius 2 is 1.75 bits per heavy atom. The lowest BCUT2D eigenvalue weighted by Crippen LogP contribution is -2.41. The summed E-state index contributed by atoms with van der Waals surface area (Å²) in [6, 6.07) is 11.2. The summed E-state index contributed by atoms with van der Waals surface area (Å²) >= 11 is 11.8. The van der Waals surface area contributed by atoms with Crippen molar-refractivity contribution in [3.05, 3.63) is 58.1 Å². The van der Waals surface area contributed by atoms with Crippen LogP contribution in [0.15, 0.2) is 42.5 Å². The smallest absolute Gasteiger partial charge is 0.269 e. The van der Waals surface area contributed by atoms with E-state index in [4.69, 9.17) is 32.7 Å². The number of rotatable bonds is 8. The van der Waals surface area contributed by atoms with Gasteiger partial charge in [0, 0.05) is 30.0 Å². The number of nitrogens with one attached hydrogen (secondary N) is 3. The molecule has 10 heteroatoms. The number of hydrogen-bond donors (Lipinski definition) is 3. The van der Waals surface area contributed by atoms with E-state index in [1.807, 2.05) is 0 Å². The third-order valence-corrected chi connectivity index (χ3v) is 5.22. The van der Waals surface area contributed by atoms with E-state index in [1.54, 1.807) is 36.4 Å². The number of anilines is 1. The van der Waals surface area contributed by atoms with Crippen LogP contribution >= 0.6 is 23.2 Å². The van der Waals surface area contributed by atoms with Crippen molar-refractivity contribution in [1.29, 1.82) is 0 Å². The molecule has 3 rings (SSSR count). The van der Waals surface area contributed by atoms with Crippen LogP contribution in [-0.2, 0) is 14.3 Å². The Morgan fingerprint density at radius 3 is 2.44 bits per heavy atom. The van der Waals surface area contributed by atoms with Gasteiger partial charge in [0.1, 0.15) is 12.4 Å². The quantitative estimate of drug-likeness (QED) is 0.500.